The third-order valence-corrected chi connectivity index (χ3v) is 3.22. The lowest BCUT2D eigenvalue weighted by molar-refractivity contribution is -0.121. The highest BCUT2D eigenvalue weighted by Crippen LogP contribution is 2.45. The molecule has 0 aromatic heterocycles. The van der Waals surface area contributed by atoms with Gasteiger partial charge < -0.3 is 0 Å². The van der Waals surface area contributed by atoms with Crippen molar-refractivity contribution in [3.8, 4) is 0 Å². The van der Waals surface area contributed by atoms with Crippen molar-refractivity contribution in [1.29, 1.82) is 0 Å². The van der Waals surface area contributed by atoms with Crippen LogP contribution < -0.4 is 0 Å². The van der Waals surface area contributed by atoms with Crippen LogP contribution in [0.3, 0.4) is 0 Å². The van der Waals surface area contributed by atoms with Crippen LogP contribution in [-0.4, -0.2) is 11.2 Å². The molecule has 0 spiro atoms. The van der Waals surface area contributed by atoms with Gasteiger partial charge in [0.25, 0.3) is 0 Å². The number of alkyl halides is 1. The molecule has 0 saturated heterocycles. The van der Waals surface area contributed by atoms with Gasteiger partial charge in [-0.3, -0.25) is 4.79 Å². The zero-order valence-corrected chi connectivity index (χ0v) is 5.90. The molecule has 1 nitrogen and oxygen atoms in total. The zero-order valence-electron chi connectivity index (χ0n) is 5.14. The highest BCUT2D eigenvalue weighted by Gasteiger charge is 2.46. The Morgan fingerprint density at radius 1 is 1.44 bits per heavy atom. The molecule has 0 amide bonds. The van der Waals surface area contributed by atoms with Gasteiger partial charge in [0.1, 0.15) is 5.78 Å². The van der Waals surface area contributed by atoms with Gasteiger partial charge in [0.05, 0.1) is 0 Å². The normalized spacial score (nSPS) is 48.6. The minimum absolute atomic E-state index is 0.192. The van der Waals surface area contributed by atoms with Gasteiger partial charge in [0.2, 0.25) is 0 Å². The van der Waals surface area contributed by atoms with E-state index in [9.17, 15) is 4.79 Å². The lowest BCUT2D eigenvalue weighted by Gasteiger charge is -2.04. The Morgan fingerprint density at radius 2 is 2.22 bits per heavy atom. The first-order chi connectivity index (χ1) is 4.29. The number of carbonyl (C=O) groups excluding carboxylic acids is 1. The summed E-state index contributed by atoms with van der Waals surface area (Å²) >= 11 is 5.95. The van der Waals surface area contributed by atoms with Crippen LogP contribution in [0, 0.1) is 11.8 Å². The average molecular weight is 145 g/mol. The number of halogens is 1. The summed E-state index contributed by atoms with van der Waals surface area (Å²) in [6, 6.07) is 0. The van der Waals surface area contributed by atoms with E-state index in [4.69, 9.17) is 11.6 Å². The number of Topliss-reactive ketones (excluding diaryl/α,β-unsaturated/α-hetero) is 1. The fourth-order valence-corrected chi connectivity index (χ4v) is 2.49. The minimum Gasteiger partial charge on any atom is -0.299 e. The van der Waals surface area contributed by atoms with E-state index in [-0.39, 0.29) is 11.3 Å². The van der Waals surface area contributed by atoms with Gasteiger partial charge in [-0.15, -0.1) is 11.6 Å². The standard InChI is InChI=1S/C7H9ClO/c8-7-4-1-2-5(7)6(9)3-4/h4-5,7H,1-3H2/t4-,5+,7-/m1/s1. The molecule has 2 aliphatic carbocycles. The van der Waals surface area contributed by atoms with E-state index >= 15 is 0 Å². The Kier molecular flexibility index (Phi) is 1.10. The fraction of sp³-hybridized carbons (Fsp3) is 0.857. The Bertz CT molecular complexity index is 155. The van der Waals surface area contributed by atoms with E-state index in [1.54, 1.807) is 0 Å². The summed E-state index contributed by atoms with van der Waals surface area (Å²) in [6.07, 6.45) is 3.00. The highest BCUT2D eigenvalue weighted by atomic mass is 35.5. The first-order valence-electron chi connectivity index (χ1n) is 3.46. The van der Waals surface area contributed by atoms with Crippen molar-refractivity contribution >= 4 is 17.4 Å². The molecule has 3 atom stereocenters. The van der Waals surface area contributed by atoms with Crippen LogP contribution in [0.5, 0.6) is 0 Å². The molecule has 50 valence electrons. The van der Waals surface area contributed by atoms with E-state index in [1.807, 2.05) is 0 Å². The third-order valence-electron chi connectivity index (χ3n) is 2.56. The monoisotopic (exact) mass is 144 g/mol. The number of fused-ring (bicyclic) bond motifs is 2. The molecular formula is C7H9ClO. The molecule has 0 N–H and O–H groups in total. The van der Waals surface area contributed by atoms with E-state index in [0.717, 1.165) is 12.8 Å². The summed E-state index contributed by atoms with van der Waals surface area (Å²) in [5.74, 6) is 1.17. The van der Waals surface area contributed by atoms with Crippen LogP contribution in [-0.2, 0) is 4.79 Å². The fourth-order valence-electron chi connectivity index (χ4n) is 2.00. The SMILES string of the molecule is O=C1C[C@H]2CC[C@@H]1[C@@H]2Cl. The number of carbonyl (C=O) groups is 1. The lowest BCUT2D eigenvalue weighted by atomic mass is 10.00. The first-order valence-corrected chi connectivity index (χ1v) is 3.89. The van der Waals surface area contributed by atoms with Crippen molar-refractivity contribution in [2.24, 2.45) is 11.8 Å². The van der Waals surface area contributed by atoms with Crippen LogP contribution in [0.4, 0.5) is 0 Å². The highest BCUT2D eigenvalue weighted by molar-refractivity contribution is 6.23. The Hall–Kier alpha value is -0.0400. The Labute approximate surface area is 59.4 Å². The molecule has 0 aromatic rings. The van der Waals surface area contributed by atoms with Gasteiger partial charge in [0, 0.05) is 17.7 Å². The van der Waals surface area contributed by atoms with Crippen LogP contribution >= 0.6 is 11.6 Å². The molecule has 0 aromatic carbocycles. The predicted molar refractivity (Wildman–Crippen MR) is 35.5 cm³/mol. The van der Waals surface area contributed by atoms with Crippen molar-refractivity contribution in [2.45, 2.75) is 24.6 Å². The molecule has 2 saturated carbocycles. The summed E-state index contributed by atoms with van der Waals surface area (Å²) in [5.41, 5.74) is 0. The van der Waals surface area contributed by atoms with Crippen LogP contribution in [0.25, 0.3) is 0 Å². The molecule has 0 aliphatic heterocycles. The zero-order chi connectivity index (χ0) is 6.43. The van der Waals surface area contributed by atoms with Gasteiger partial charge >= 0.3 is 0 Å². The van der Waals surface area contributed by atoms with Gasteiger partial charge in [-0.05, 0) is 18.8 Å². The molecule has 2 bridgehead atoms. The molecule has 0 unspecified atom stereocenters. The van der Waals surface area contributed by atoms with Gasteiger partial charge in [-0.2, -0.15) is 0 Å². The number of rotatable bonds is 0. The van der Waals surface area contributed by atoms with Gasteiger partial charge in [0.15, 0.2) is 0 Å². The predicted octanol–water partition coefficient (Wildman–Crippen LogP) is 1.59. The smallest absolute Gasteiger partial charge is 0.137 e. The third kappa shape index (κ3) is 0.644. The van der Waals surface area contributed by atoms with E-state index in [1.165, 1.54) is 6.42 Å². The molecule has 2 aliphatic rings. The lowest BCUT2D eigenvalue weighted by Crippen LogP contribution is -2.10. The first kappa shape index (κ1) is 5.72. The second kappa shape index (κ2) is 1.72. The van der Waals surface area contributed by atoms with Crippen molar-refractivity contribution in [3.05, 3.63) is 0 Å². The second-order valence-electron chi connectivity index (χ2n) is 3.06. The molecule has 2 heteroatoms. The maximum Gasteiger partial charge on any atom is 0.137 e. The average Bonchev–Trinajstić information content (AvgIpc) is 2.25. The maximum absolute atomic E-state index is 11.0. The van der Waals surface area contributed by atoms with Crippen LogP contribution in [0.2, 0.25) is 0 Å². The molecule has 0 heterocycles. The summed E-state index contributed by atoms with van der Waals surface area (Å²) in [6.45, 7) is 0. The summed E-state index contributed by atoms with van der Waals surface area (Å²) in [4.78, 5) is 11.0. The quantitative estimate of drug-likeness (QED) is 0.472. The van der Waals surface area contributed by atoms with Crippen molar-refractivity contribution in [3.63, 3.8) is 0 Å². The molecule has 2 rings (SSSR count). The van der Waals surface area contributed by atoms with Crippen molar-refractivity contribution in [2.75, 3.05) is 0 Å². The van der Waals surface area contributed by atoms with Crippen molar-refractivity contribution in [1.82, 2.24) is 0 Å². The van der Waals surface area contributed by atoms with E-state index in [2.05, 4.69) is 0 Å². The number of ketones is 1. The molecule has 0 radical (unpaired) electrons. The number of hydrogen-bond acceptors (Lipinski definition) is 1. The van der Waals surface area contributed by atoms with E-state index < -0.39 is 0 Å². The molecular weight excluding hydrogens is 136 g/mol. The van der Waals surface area contributed by atoms with E-state index in [0.29, 0.717) is 11.7 Å². The van der Waals surface area contributed by atoms with Gasteiger partial charge in [-0.25, -0.2) is 0 Å². The molecule has 9 heavy (non-hydrogen) atoms. The largest absolute Gasteiger partial charge is 0.299 e. The molecule has 2 fully saturated rings. The topological polar surface area (TPSA) is 17.1 Å². The van der Waals surface area contributed by atoms with Crippen LogP contribution in [0.15, 0.2) is 0 Å². The Morgan fingerprint density at radius 3 is 2.44 bits per heavy atom. The minimum atomic E-state index is 0.192. The van der Waals surface area contributed by atoms with Crippen LogP contribution in [0.1, 0.15) is 19.3 Å². The Balaban J connectivity index is 2.26. The number of hydrogen-bond donors (Lipinski definition) is 0. The summed E-state index contributed by atoms with van der Waals surface area (Å²) in [7, 11) is 0. The second-order valence-corrected chi connectivity index (χ2v) is 3.56. The summed E-state index contributed by atoms with van der Waals surface area (Å²) < 4.78 is 0. The summed E-state index contributed by atoms with van der Waals surface area (Å²) in [5, 5.41) is 0.192. The van der Waals surface area contributed by atoms with Gasteiger partial charge in [-0.1, -0.05) is 0 Å². The maximum atomic E-state index is 11.0. The van der Waals surface area contributed by atoms with Crippen molar-refractivity contribution < 1.29 is 4.79 Å².